The maximum atomic E-state index is 14.1. The van der Waals surface area contributed by atoms with Crippen LogP contribution < -0.4 is 10.6 Å². The molecule has 6 heteroatoms. The normalized spacial score (nSPS) is 36.5. The summed E-state index contributed by atoms with van der Waals surface area (Å²) in [5, 5.41) is 6.33. The molecule has 152 valence electrons. The van der Waals surface area contributed by atoms with Gasteiger partial charge in [-0.05, 0) is 37.8 Å². The summed E-state index contributed by atoms with van der Waals surface area (Å²) in [4.78, 5) is 33.0. The molecule has 2 aromatic carbocycles. The number of rotatable bonds is 0. The number of fused-ring (bicyclic) bond motifs is 10. The molecule has 7 rings (SSSR count). The number of nitrogens with zero attached hydrogens (tertiary/aromatic N) is 2. The van der Waals surface area contributed by atoms with Crippen LogP contribution in [-0.2, 0) is 20.7 Å². The summed E-state index contributed by atoms with van der Waals surface area (Å²) in [5.41, 5.74) is 1.45. The minimum absolute atomic E-state index is 0.0622. The Bertz CT molecular complexity index is 1030. The van der Waals surface area contributed by atoms with Gasteiger partial charge in [-0.25, -0.2) is 0 Å². The highest BCUT2D eigenvalue weighted by molar-refractivity contribution is 6.17. The third-order valence-electron chi connectivity index (χ3n) is 8.22. The number of carbonyl (C=O) groups excluding carboxylic acids is 2. The molecular formula is C24H24N4O2. The molecule has 5 heterocycles. The maximum Gasteiger partial charge on any atom is 0.252 e. The summed E-state index contributed by atoms with van der Waals surface area (Å²) in [6, 6.07) is 16.5. The van der Waals surface area contributed by atoms with Gasteiger partial charge in [0.2, 0.25) is 0 Å². The van der Waals surface area contributed by atoms with E-state index in [2.05, 4.69) is 32.6 Å². The maximum absolute atomic E-state index is 14.1. The number of anilines is 2. The van der Waals surface area contributed by atoms with Gasteiger partial charge in [0.25, 0.3) is 11.8 Å². The van der Waals surface area contributed by atoms with Crippen LogP contribution in [0, 0.1) is 0 Å². The highest BCUT2D eigenvalue weighted by Gasteiger charge is 2.78. The Balaban J connectivity index is 1.64. The molecule has 4 atom stereocenters. The number of hydrogen-bond acceptors (Lipinski definition) is 4. The summed E-state index contributed by atoms with van der Waals surface area (Å²) in [7, 11) is 0. The molecule has 3 fully saturated rings. The number of hydrogen-bond donors (Lipinski definition) is 2. The summed E-state index contributed by atoms with van der Waals surface area (Å²) < 4.78 is 0. The van der Waals surface area contributed by atoms with Crippen molar-refractivity contribution >= 4 is 23.2 Å². The van der Waals surface area contributed by atoms with E-state index in [1.165, 1.54) is 0 Å². The summed E-state index contributed by atoms with van der Waals surface area (Å²) in [5.74, 6) is -0.124. The summed E-state index contributed by atoms with van der Waals surface area (Å²) in [6.45, 7) is 1.68. The molecule has 5 aliphatic rings. The van der Waals surface area contributed by atoms with Crippen LogP contribution in [0.2, 0.25) is 0 Å². The van der Waals surface area contributed by atoms with E-state index in [4.69, 9.17) is 0 Å². The number of nitrogens with one attached hydrogen (secondary N) is 2. The molecule has 2 spiro atoms. The molecule has 30 heavy (non-hydrogen) atoms. The number of benzene rings is 2. The van der Waals surface area contributed by atoms with Gasteiger partial charge in [0.1, 0.15) is 0 Å². The van der Waals surface area contributed by atoms with Gasteiger partial charge in [-0.2, -0.15) is 0 Å². The first kappa shape index (κ1) is 17.0. The van der Waals surface area contributed by atoms with Gasteiger partial charge in [0, 0.05) is 47.7 Å². The Morgan fingerprint density at radius 1 is 0.700 bits per heavy atom. The zero-order valence-electron chi connectivity index (χ0n) is 16.7. The zero-order chi connectivity index (χ0) is 20.1. The van der Waals surface area contributed by atoms with Crippen LogP contribution in [0.1, 0.15) is 36.8 Å². The first-order valence-electron chi connectivity index (χ1n) is 11.1. The van der Waals surface area contributed by atoms with Crippen molar-refractivity contribution in [1.82, 2.24) is 9.80 Å². The molecule has 2 aromatic rings. The van der Waals surface area contributed by atoms with Crippen LogP contribution in [0.15, 0.2) is 48.5 Å². The topological polar surface area (TPSA) is 64.7 Å². The van der Waals surface area contributed by atoms with E-state index >= 15 is 0 Å². The minimum Gasteiger partial charge on any atom is -0.324 e. The molecule has 3 saturated heterocycles. The first-order valence-corrected chi connectivity index (χ1v) is 11.1. The van der Waals surface area contributed by atoms with Crippen molar-refractivity contribution < 1.29 is 9.59 Å². The third kappa shape index (κ3) is 1.61. The van der Waals surface area contributed by atoms with Crippen molar-refractivity contribution in [3.05, 3.63) is 59.7 Å². The van der Waals surface area contributed by atoms with Crippen molar-refractivity contribution in [2.45, 2.75) is 48.8 Å². The molecular weight excluding hydrogens is 376 g/mol. The van der Waals surface area contributed by atoms with E-state index in [0.29, 0.717) is 12.1 Å². The summed E-state index contributed by atoms with van der Waals surface area (Å²) in [6.07, 6.45) is 4.28. The van der Waals surface area contributed by atoms with E-state index in [0.717, 1.165) is 61.3 Å². The minimum atomic E-state index is -1.05. The smallest absolute Gasteiger partial charge is 0.252 e. The number of amides is 2. The predicted molar refractivity (Wildman–Crippen MR) is 113 cm³/mol. The molecule has 5 aliphatic heterocycles. The quantitative estimate of drug-likeness (QED) is 0.714. The Kier molecular flexibility index (Phi) is 3.12. The lowest BCUT2D eigenvalue weighted by Gasteiger charge is -2.61. The fourth-order valence-corrected chi connectivity index (χ4v) is 7.41. The van der Waals surface area contributed by atoms with Crippen molar-refractivity contribution in [2.24, 2.45) is 0 Å². The van der Waals surface area contributed by atoms with Crippen molar-refractivity contribution in [3.8, 4) is 0 Å². The van der Waals surface area contributed by atoms with E-state index in [-0.39, 0.29) is 11.8 Å². The van der Waals surface area contributed by atoms with Gasteiger partial charge < -0.3 is 10.6 Å². The number of carbonyl (C=O) groups is 2. The van der Waals surface area contributed by atoms with Gasteiger partial charge in [0.05, 0.1) is 0 Å². The van der Waals surface area contributed by atoms with Gasteiger partial charge in [-0.15, -0.1) is 0 Å². The van der Waals surface area contributed by atoms with Gasteiger partial charge >= 0.3 is 0 Å². The highest BCUT2D eigenvalue weighted by atomic mass is 16.2. The van der Waals surface area contributed by atoms with Crippen molar-refractivity contribution in [3.63, 3.8) is 0 Å². The monoisotopic (exact) mass is 400 g/mol. The lowest BCUT2D eigenvalue weighted by molar-refractivity contribution is -0.178. The Labute approximate surface area is 175 Å². The Morgan fingerprint density at radius 3 is 1.60 bits per heavy atom. The van der Waals surface area contributed by atoms with Crippen LogP contribution in [0.4, 0.5) is 11.4 Å². The second-order valence-corrected chi connectivity index (χ2v) is 9.23. The van der Waals surface area contributed by atoms with E-state index in [1.807, 2.05) is 36.4 Å². The van der Waals surface area contributed by atoms with Gasteiger partial charge in [-0.3, -0.25) is 19.4 Å². The van der Waals surface area contributed by atoms with Crippen LogP contribution in [-0.4, -0.2) is 46.8 Å². The van der Waals surface area contributed by atoms with Crippen LogP contribution >= 0.6 is 0 Å². The SMILES string of the molecule is O=C1Nc2ccccc2[C@]12N1CCC[C@H]1[C@@H]1CCCN1[C@]21C(=O)Nc2ccccc21. The largest absolute Gasteiger partial charge is 0.324 e. The van der Waals surface area contributed by atoms with Crippen LogP contribution in [0.5, 0.6) is 0 Å². The second-order valence-electron chi connectivity index (χ2n) is 9.23. The fraction of sp³-hybridized carbons (Fsp3) is 0.417. The van der Waals surface area contributed by atoms with Crippen LogP contribution in [0.25, 0.3) is 0 Å². The predicted octanol–water partition coefficient (Wildman–Crippen LogP) is 2.62. The molecule has 0 unspecified atom stereocenters. The molecule has 0 saturated carbocycles. The standard InChI is InChI=1S/C24H24N4O2/c29-21-23(15-7-1-3-9-17(15)25-21)24(16-8-2-4-10-18(16)26-22(24)30)28-14-6-12-20(28)19-11-5-13-27(19)23/h1-4,7-10,19-20H,5-6,11-14H2,(H,25,29)(H,26,30)/t19-,20-,23-,24+/m0/s1. The molecule has 0 aliphatic carbocycles. The highest BCUT2D eigenvalue weighted by Crippen LogP contribution is 2.64. The molecule has 0 aromatic heterocycles. The zero-order valence-corrected chi connectivity index (χ0v) is 16.7. The van der Waals surface area contributed by atoms with Gasteiger partial charge in [0.15, 0.2) is 11.1 Å². The van der Waals surface area contributed by atoms with E-state index in [1.54, 1.807) is 0 Å². The third-order valence-corrected chi connectivity index (χ3v) is 8.22. The molecule has 2 amide bonds. The molecule has 2 N–H and O–H groups in total. The van der Waals surface area contributed by atoms with Crippen molar-refractivity contribution in [1.29, 1.82) is 0 Å². The molecule has 0 bridgehead atoms. The van der Waals surface area contributed by atoms with E-state index in [9.17, 15) is 9.59 Å². The number of piperazine rings is 1. The lowest BCUT2D eigenvalue weighted by Crippen LogP contribution is -2.79. The molecule has 0 radical (unpaired) electrons. The van der Waals surface area contributed by atoms with Gasteiger partial charge in [-0.1, -0.05) is 36.4 Å². The molecule has 6 nitrogen and oxygen atoms in total. The first-order chi connectivity index (χ1) is 14.7. The Hall–Kier alpha value is -2.70. The summed E-state index contributed by atoms with van der Waals surface area (Å²) >= 11 is 0. The fourth-order valence-electron chi connectivity index (χ4n) is 7.41. The van der Waals surface area contributed by atoms with E-state index < -0.39 is 11.1 Å². The Morgan fingerprint density at radius 2 is 1.13 bits per heavy atom. The van der Waals surface area contributed by atoms with Crippen molar-refractivity contribution in [2.75, 3.05) is 23.7 Å². The number of para-hydroxylation sites is 2. The lowest BCUT2D eigenvalue weighted by atomic mass is 9.64. The average molecular weight is 400 g/mol. The van der Waals surface area contributed by atoms with Crippen LogP contribution in [0.3, 0.4) is 0 Å². The average Bonchev–Trinajstić information content (AvgIpc) is 3.51. The second kappa shape index (κ2) is 5.50.